The quantitative estimate of drug-likeness (QED) is 0.621. The summed E-state index contributed by atoms with van der Waals surface area (Å²) in [6.07, 6.45) is 5.03. The molecule has 3 heteroatoms. The highest BCUT2D eigenvalue weighted by Crippen LogP contribution is 2.20. The lowest BCUT2D eigenvalue weighted by atomic mass is 10.0. The van der Waals surface area contributed by atoms with E-state index in [1.165, 1.54) is 25.8 Å². The van der Waals surface area contributed by atoms with Gasteiger partial charge >= 0.3 is 0 Å². The van der Waals surface area contributed by atoms with E-state index in [-0.39, 0.29) is 0 Å². The fourth-order valence-corrected chi connectivity index (χ4v) is 2.70. The Labute approximate surface area is 127 Å². The van der Waals surface area contributed by atoms with Crippen LogP contribution in [-0.2, 0) is 0 Å². The smallest absolute Gasteiger partial charge is 0.134 e. The molecule has 2 nitrogen and oxygen atoms in total. The summed E-state index contributed by atoms with van der Waals surface area (Å²) in [7, 11) is 2.21. The first-order valence-corrected chi connectivity index (χ1v) is 7.81. The maximum Gasteiger partial charge on any atom is 0.134 e. The Morgan fingerprint density at radius 2 is 2.20 bits per heavy atom. The average molecular weight is 292 g/mol. The molecule has 1 aromatic rings. The lowest BCUT2D eigenvalue weighted by molar-refractivity contribution is 0.153. The zero-order valence-corrected chi connectivity index (χ0v) is 12.8. The van der Waals surface area contributed by atoms with Gasteiger partial charge in [0.1, 0.15) is 5.75 Å². The molecule has 1 fully saturated rings. The van der Waals surface area contributed by atoms with Gasteiger partial charge in [-0.1, -0.05) is 30.4 Å². The van der Waals surface area contributed by atoms with E-state index in [0.717, 1.165) is 24.3 Å². The number of piperidine rings is 1. The van der Waals surface area contributed by atoms with Gasteiger partial charge in [-0.05, 0) is 45.0 Å². The zero-order chi connectivity index (χ0) is 14.2. The molecule has 1 heterocycles. The van der Waals surface area contributed by atoms with E-state index in [9.17, 15) is 0 Å². The topological polar surface area (TPSA) is 12.5 Å². The van der Waals surface area contributed by atoms with Gasteiger partial charge in [-0.25, -0.2) is 0 Å². The van der Waals surface area contributed by atoms with Crippen molar-refractivity contribution in [2.24, 2.45) is 0 Å². The van der Waals surface area contributed by atoms with E-state index in [4.69, 9.17) is 16.3 Å². The summed E-state index contributed by atoms with van der Waals surface area (Å²) < 4.78 is 5.91. The molecular weight excluding hydrogens is 270 g/mol. The molecule has 0 aromatic heterocycles. The van der Waals surface area contributed by atoms with Crippen LogP contribution in [0.2, 0.25) is 0 Å². The minimum atomic E-state index is 0.348. The number of hydrogen-bond acceptors (Lipinski definition) is 2. The third kappa shape index (κ3) is 4.44. The molecule has 0 radical (unpaired) electrons. The van der Waals surface area contributed by atoms with E-state index >= 15 is 0 Å². The van der Waals surface area contributed by atoms with Crippen molar-refractivity contribution in [3.05, 3.63) is 29.8 Å². The highest BCUT2D eigenvalue weighted by Gasteiger charge is 2.18. The number of alkyl halides is 1. The molecule has 1 unspecified atom stereocenters. The van der Waals surface area contributed by atoms with Crippen molar-refractivity contribution in [1.82, 2.24) is 4.90 Å². The summed E-state index contributed by atoms with van der Waals surface area (Å²) >= 11 is 5.61. The Hall–Kier alpha value is -1.17. The average Bonchev–Trinajstić information content (AvgIpc) is 2.48. The van der Waals surface area contributed by atoms with Crippen LogP contribution in [0.4, 0.5) is 0 Å². The Morgan fingerprint density at radius 3 is 3.00 bits per heavy atom. The van der Waals surface area contributed by atoms with E-state index in [1.54, 1.807) is 0 Å². The Kier molecular flexibility index (Phi) is 6.24. The highest BCUT2D eigenvalue weighted by atomic mass is 35.5. The van der Waals surface area contributed by atoms with Crippen LogP contribution >= 0.6 is 11.6 Å². The summed E-state index contributed by atoms with van der Waals surface area (Å²) in [6, 6.07) is 8.56. The molecule has 1 aliphatic heterocycles. The van der Waals surface area contributed by atoms with Gasteiger partial charge in [0.2, 0.25) is 0 Å². The molecule has 0 aliphatic carbocycles. The van der Waals surface area contributed by atoms with Gasteiger partial charge in [0.05, 0.1) is 18.1 Å². The maximum atomic E-state index is 5.91. The summed E-state index contributed by atoms with van der Waals surface area (Å²) in [6.45, 7) is 1.96. The number of ether oxygens (including phenoxy) is 1. The Balaban J connectivity index is 1.87. The first-order chi connectivity index (χ1) is 9.81. The second-order valence-corrected chi connectivity index (χ2v) is 5.47. The molecule has 0 amide bonds. The molecule has 108 valence electrons. The maximum absolute atomic E-state index is 5.91. The van der Waals surface area contributed by atoms with Crippen molar-refractivity contribution < 1.29 is 4.74 Å². The molecule has 0 bridgehead atoms. The van der Waals surface area contributed by atoms with E-state index in [2.05, 4.69) is 23.8 Å². The second-order valence-electron chi connectivity index (χ2n) is 5.20. The van der Waals surface area contributed by atoms with Crippen molar-refractivity contribution >= 4 is 11.6 Å². The Bertz CT molecular complexity index is 477. The molecule has 1 aliphatic rings. The summed E-state index contributed by atoms with van der Waals surface area (Å²) in [5, 5.41) is 0. The Morgan fingerprint density at radius 1 is 1.35 bits per heavy atom. The highest BCUT2D eigenvalue weighted by molar-refractivity contribution is 6.19. The summed E-state index contributed by atoms with van der Waals surface area (Å²) in [5.41, 5.74) is 0.921. The summed E-state index contributed by atoms with van der Waals surface area (Å²) in [5.74, 6) is 7.13. The standard InChI is InChI=1S/C17H22ClNO/c1-19-13-5-4-9-16(19)11-14-20-17-10-3-2-7-15(17)8-6-12-18/h2-3,7,10,16H,4-5,9,11-14H2,1H3. The van der Waals surface area contributed by atoms with Gasteiger partial charge < -0.3 is 9.64 Å². The molecule has 2 rings (SSSR count). The monoisotopic (exact) mass is 291 g/mol. The SMILES string of the molecule is CN1CCCCC1CCOc1ccccc1C#CCCl. The van der Waals surface area contributed by atoms with Crippen LogP contribution in [0.3, 0.4) is 0 Å². The van der Waals surface area contributed by atoms with Crippen LogP contribution in [-0.4, -0.2) is 37.0 Å². The van der Waals surface area contributed by atoms with E-state index in [1.807, 2.05) is 24.3 Å². The normalized spacial score (nSPS) is 19.2. The largest absolute Gasteiger partial charge is 0.492 e. The van der Waals surface area contributed by atoms with Crippen molar-refractivity contribution in [3.8, 4) is 17.6 Å². The van der Waals surface area contributed by atoms with E-state index < -0.39 is 0 Å². The summed E-state index contributed by atoms with van der Waals surface area (Å²) in [4.78, 5) is 2.45. The van der Waals surface area contributed by atoms with Crippen LogP contribution in [0, 0.1) is 11.8 Å². The van der Waals surface area contributed by atoms with Crippen molar-refractivity contribution in [1.29, 1.82) is 0 Å². The van der Waals surface area contributed by atoms with Gasteiger partial charge in [-0.2, -0.15) is 0 Å². The molecule has 0 saturated carbocycles. The van der Waals surface area contributed by atoms with Gasteiger partial charge in [0, 0.05) is 6.04 Å². The molecular formula is C17H22ClNO. The third-order valence-electron chi connectivity index (χ3n) is 3.81. The predicted molar refractivity (Wildman–Crippen MR) is 84.4 cm³/mol. The van der Waals surface area contributed by atoms with Crippen LogP contribution in [0.15, 0.2) is 24.3 Å². The van der Waals surface area contributed by atoms with Crippen LogP contribution in [0.5, 0.6) is 5.75 Å². The molecule has 0 N–H and O–H groups in total. The number of para-hydroxylation sites is 1. The molecule has 1 aromatic carbocycles. The molecule has 0 spiro atoms. The van der Waals surface area contributed by atoms with Gasteiger partial charge in [0.15, 0.2) is 0 Å². The van der Waals surface area contributed by atoms with Gasteiger partial charge in [-0.15, -0.1) is 11.6 Å². The number of halogens is 1. The first-order valence-electron chi connectivity index (χ1n) is 7.28. The molecule has 1 atom stereocenters. The lowest BCUT2D eigenvalue weighted by Crippen LogP contribution is -2.37. The van der Waals surface area contributed by atoms with Crippen molar-refractivity contribution in [3.63, 3.8) is 0 Å². The fraction of sp³-hybridized carbons (Fsp3) is 0.529. The number of hydrogen-bond donors (Lipinski definition) is 0. The van der Waals surface area contributed by atoms with E-state index in [0.29, 0.717) is 11.9 Å². The third-order valence-corrected chi connectivity index (χ3v) is 3.94. The van der Waals surface area contributed by atoms with Crippen LogP contribution in [0.1, 0.15) is 31.2 Å². The minimum Gasteiger partial charge on any atom is -0.492 e. The van der Waals surface area contributed by atoms with Crippen LogP contribution < -0.4 is 4.74 Å². The number of benzene rings is 1. The van der Waals surface area contributed by atoms with Crippen molar-refractivity contribution in [2.75, 3.05) is 26.1 Å². The predicted octanol–water partition coefficient (Wildman–Crippen LogP) is 3.53. The van der Waals surface area contributed by atoms with Crippen LogP contribution in [0.25, 0.3) is 0 Å². The molecule has 1 saturated heterocycles. The fourth-order valence-electron chi connectivity index (χ4n) is 2.64. The van der Waals surface area contributed by atoms with Gasteiger partial charge in [0.25, 0.3) is 0 Å². The van der Waals surface area contributed by atoms with Crippen molar-refractivity contribution in [2.45, 2.75) is 31.7 Å². The number of likely N-dealkylation sites (tertiary alicyclic amines) is 1. The number of nitrogens with zero attached hydrogens (tertiary/aromatic N) is 1. The lowest BCUT2D eigenvalue weighted by Gasteiger charge is -2.32. The van der Waals surface area contributed by atoms with Gasteiger partial charge in [-0.3, -0.25) is 0 Å². The second kappa shape index (κ2) is 8.19. The molecule has 20 heavy (non-hydrogen) atoms. The minimum absolute atomic E-state index is 0.348. The first kappa shape index (κ1) is 15.2. The number of rotatable bonds is 4. The zero-order valence-electron chi connectivity index (χ0n) is 12.1.